The zero-order valence-electron chi connectivity index (χ0n) is 13.2. The zero-order valence-corrected chi connectivity index (χ0v) is 13.2. The molecule has 2 fully saturated rings. The molecule has 2 aliphatic rings. The van der Waals surface area contributed by atoms with Crippen molar-refractivity contribution < 1.29 is 4.39 Å². The minimum absolute atomic E-state index is 0.234. The molecule has 1 aromatic heterocycles. The van der Waals surface area contributed by atoms with Crippen LogP contribution in [0.5, 0.6) is 0 Å². The molecule has 0 radical (unpaired) electrons. The summed E-state index contributed by atoms with van der Waals surface area (Å²) in [5, 5.41) is 3.48. The van der Waals surface area contributed by atoms with Crippen LogP contribution in [-0.4, -0.2) is 24.1 Å². The van der Waals surface area contributed by atoms with Crippen molar-refractivity contribution in [2.75, 3.05) is 18.0 Å². The smallest absolute Gasteiger partial charge is 0.141 e. The van der Waals surface area contributed by atoms with E-state index in [-0.39, 0.29) is 5.82 Å². The van der Waals surface area contributed by atoms with Gasteiger partial charge in [0.05, 0.1) is 6.20 Å². The lowest BCUT2D eigenvalue weighted by Crippen LogP contribution is -2.28. The van der Waals surface area contributed by atoms with Gasteiger partial charge in [0, 0.05) is 31.2 Å². The molecule has 3 rings (SSSR count). The van der Waals surface area contributed by atoms with Crippen molar-refractivity contribution in [1.29, 1.82) is 0 Å². The Kier molecular flexibility index (Phi) is 4.16. The fourth-order valence-electron chi connectivity index (χ4n) is 3.37. The lowest BCUT2D eigenvalue weighted by molar-refractivity contribution is 0.301. The number of halogens is 1. The fraction of sp³-hybridized carbons (Fsp3) is 0.706. The number of nitrogens with one attached hydrogen (secondary N) is 1. The first kappa shape index (κ1) is 14.8. The molecule has 1 saturated carbocycles. The Hall–Kier alpha value is -1.16. The highest BCUT2D eigenvalue weighted by molar-refractivity contribution is 5.48. The van der Waals surface area contributed by atoms with Gasteiger partial charge in [-0.1, -0.05) is 13.8 Å². The van der Waals surface area contributed by atoms with E-state index in [1.165, 1.54) is 38.3 Å². The second-order valence-electron chi connectivity index (χ2n) is 6.67. The lowest BCUT2D eigenvalue weighted by atomic mass is 9.82. The fourth-order valence-corrected chi connectivity index (χ4v) is 3.37. The molecular formula is C17H26FN3. The maximum Gasteiger partial charge on any atom is 0.141 e. The molecule has 0 amide bonds. The first-order chi connectivity index (χ1) is 10.2. The number of nitrogens with zero attached hydrogens (tertiary/aromatic N) is 2. The van der Waals surface area contributed by atoms with Gasteiger partial charge in [0.25, 0.3) is 0 Å². The summed E-state index contributed by atoms with van der Waals surface area (Å²) in [6.07, 6.45) is 7.48. The average molecular weight is 291 g/mol. The molecule has 1 aliphatic heterocycles. The van der Waals surface area contributed by atoms with Gasteiger partial charge < -0.3 is 10.2 Å². The van der Waals surface area contributed by atoms with Crippen LogP contribution in [0, 0.1) is 11.2 Å². The molecule has 21 heavy (non-hydrogen) atoms. The summed E-state index contributed by atoms with van der Waals surface area (Å²) in [6.45, 7) is 7.37. The number of aromatic nitrogens is 1. The van der Waals surface area contributed by atoms with Gasteiger partial charge in [-0.2, -0.15) is 0 Å². The normalized spacial score (nSPS) is 21.0. The highest BCUT2D eigenvalue weighted by Gasteiger charge is 2.36. The zero-order chi connectivity index (χ0) is 14.9. The van der Waals surface area contributed by atoms with Crippen LogP contribution < -0.4 is 10.2 Å². The van der Waals surface area contributed by atoms with E-state index >= 15 is 0 Å². The van der Waals surface area contributed by atoms with Gasteiger partial charge in [-0.15, -0.1) is 0 Å². The summed E-state index contributed by atoms with van der Waals surface area (Å²) >= 11 is 0. The standard InChI is InChI=1S/C17H26FN3/c1-3-17(4-2)7-8-21(12-17)16-13(9-14(18)11-20-16)10-19-15-5-6-15/h9,11,15,19H,3-8,10,12H2,1-2H3. The summed E-state index contributed by atoms with van der Waals surface area (Å²) in [5.41, 5.74) is 1.42. The van der Waals surface area contributed by atoms with E-state index in [4.69, 9.17) is 0 Å². The van der Waals surface area contributed by atoms with E-state index in [1.807, 2.05) is 0 Å². The predicted octanol–water partition coefficient (Wildman–Crippen LogP) is 3.49. The number of anilines is 1. The van der Waals surface area contributed by atoms with Gasteiger partial charge in [0.15, 0.2) is 0 Å². The Morgan fingerprint density at radius 3 is 2.76 bits per heavy atom. The highest BCUT2D eigenvalue weighted by atomic mass is 19.1. The third kappa shape index (κ3) is 3.20. The van der Waals surface area contributed by atoms with Gasteiger partial charge in [-0.25, -0.2) is 9.37 Å². The van der Waals surface area contributed by atoms with Gasteiger partial charge in [-0.3, -0.25) is 0 Å². The first-order valence-electron chi connectivity index (χ1n) is 8.28. The Morgan fingerprint density at radius 2 is 2.14 bits per heavy atom. The molecule has 0 atom stereocenters. The largest absolute Gasteiger partial charge is 0.356 e. The molecule has 0 spiro atoms. The van der Waals surface area contributed by atoms with Crippen molar-refractivity contribution in [2.24, 2.45) is 5.41 Å². The number of pyridine rings is 1. The van der Waals surface area contributed by atoms with Crippen LogP contribution in [0.2, 0.25) is 0 Å². The highest BCUT2D eigenvalue weighted by Crippen LogP contribution is 2.39. The minimum atomic E-state index is -0.234. The molecule has 116 valence electrons. The van der Waals surface area contributed by atoms with Crippen molar-refractivity contribution in [3.8, 4) is 0 Å². The van der Waals surface area contributed by atoms with Crippen LogP contribution in [0.25, 0.3) is 0 Å². The van der Waals surface area contributed by atoms with E-state index in [9.17, 15) is 4.39 Å². The topological polar surface area (TPSA) is 28.2 Å². The number of hydrogen-bond donors (Lipinski definition) is 1. The molecule has 1 aromatic rings. The predicted molar refractivity (Wildman–Crippen MR) is 83.9 cm³/mol. The molecule has 1 aliphatic carbocycles. The van der Waals surface area contributed by atoms with Crippen molar-refractivity contribution in [3.63, 3.8) is 0 Å². The van der Waals surface area contributed by atoms with Crippen LogP contribution >= 0.6 is 0 Å². The maximum atomic E-state index is 13.5. The summed E-state index contributed by atoms with van der Waals surface area (Å²) in [6, 6.07) is 2.28. The second-order valence-corrected chi connectivity index (χ2v) is 6.67. The van der Waals surface area contributed by atoms with Gasteiger partial charge in [0.2, 0.25) is 0 Å². The second kappa shape index (κ2) is 5.91. The summed E-state index contributed by atoms with van der Waals surface area (Å²) in [5.74, 6) is 0.746. The van der Waals surface area contributed by atoms with Gasteiger partial charge in [0.1, 0.15) is 11.6 Å². The Morgan fingerprint density at radius 1 is 1.38 bits per heavy atom. The molecule has 0 aromatic carbocycles. The lowest BCUT2D eigenvalue weighted by Gasteiger charge is -2.27. The molecule has 0 bridgehead atoms. The first-order valence-corrected chi connectivity index (χ1v) is 8.28. The van der Waals surface area contributed by atoms with Crippen LogP contribution in [0.3, 0.4) is 0 Å². The van der Waals surface area contributed by atoms with E-state index < -0.39 is 0 Å². The Balaban J connectivity index is 1.77. The Bertz CT molecular complexity index is 495. The number of hydrogen-bond acceptors (Lipinski definition) is 3. The third-order valence-corrected chi connectivity index (χ3v) is 5.31. The van der Waals surface area contributed by atoms with E-state index in [0.717, 1.165) is 31.0 Å². The quantitative estimate of drug-likeness (QED) is 0.869. The summed E-state index contributed by atoms with van der Waals surface area (Å²) in [4.78, 5) is 6.76. The van der Waals surface area contributed by atoms with E-state index in [2.05, 4.69) is 29.0 Å². The van der Waals surface area contributed by atoms with E-state index in [1.54, 1.807) is 6.07 Å². The monoisotopic (exact) mass is 291 g/mol. The van der Waals surface area contributed by atoms with Gasteiger partial charge >= 0.3 is 0 Å². The van der Waals surface area contributed by atoms with Crippen LogP contribution in [0.4, 0.5) is 10.2 Å². The molecule has 1 N–H and O–H groups in total. The minimum Gasteiger partial charge on any atom is -0.356 e. The molecule has 0 unspecified atom stereocenters. The van der Waals surface area contributed by atoms with Crippen molar-refractivity contribution in [3.05, 3.63) is 23.6 Å². The summed E-state index contributed by atoms with van der Waals surface area (Å²) in [7, 11) is 0. The molecule has 4 heteroatoms. The van der Waals surface area contributed by atoms with Gasteiger partial charge in [-0.05, 0) is 43.6 Å². The third-order valence-electron chi connectivity index (χ3n) is 5.31. The van der Waals surface area contributed by atoms with Crippen LogP contribution in [-0.2, 0) is 6.54 Å². The molecular weight excluding hydrogens is 265 g/mol. The molecule has 1 saturated heterocycles. The van der Waals surface area contributed by atoms with Crippen molar-refractivity contribution in [2.45, 2.75) is 58.5 Å². The van der Waals surface area contributed by atoms with E-state index in [0.29, 0.717) is 11.5 Å². The van der Waals surface area contributed by atoms with Crippen molar-refractivity contribution >= 4 is 5.82 Å². The van der Waals surface area contributed by atoms with Crippen molar-refractivity contribution in [1.82, 2.24) is 10.3 Å². The van der Waals surface area contributed by atoms with Crippen LogP contribution in [0.15, 0.2) is 12.3 Å². The Labute approximate surface area is 126 Å². The van der Waals surface area contributed by atoms with Crippen LogP contribution in [0.1, 0.15) is 51.5 Å². The SMILES string of the molecule is CCC1(CC)CCN(c2ncc(F)cc2CNC2CC2)C1. The maximum absolute atomic E-state index is 13.5. The number of rotatable bonds is 6. The summed E-state index contributed by atoms with van der Waals surface area (Å²) < 4.78 is 13.5. The average Bonchev–Trinajstić information content (AvgIpc) is 3.23. The molecule has 3 nitrogen and oxygen atoms in total. The molecule has 2 heterocycles.